The van der Waals surface area contributed by atoms with Crippen LogP contribution >= 0.6 is 0 Å². The molecule has 148 valence electrons. The van der Waals surface area contributed by atoms with E-state index < -0.39 is 11.9 Å². The van der Waals surface area contributed by atoms with Crippen LogP contribution in [0.1, 0.15) is 36.1 Å². The summed E-state index contributed by atoms with van der Waals surface area (Å²) in [6.07, 6.45) is 9.43. The highest BCUT2D eigenvalue weighted by Gasteiger charge is 2.14. The fourth-order valence-corrected chi connectivity index (χ4v) is 2.61. The monoisotopic (exact) mass is 384 g/mol. The van der Waals surface area contributed by atoms with Crippen LogP contribution in [0, 0.1) is 17.2 Å². The molecular weight excluding hydrogens is 360 g/mol. The lowest BCUT2D eigenvalue weighted by Gasteiger charge is -2.28. The summed E-state index contributed by atoms with van der Waals surface area (Å²) in [5.74, 6) is -0.696. The van der Waals surface area contributed by atoms with Crippen molar-refractivity contribution >= 4 is 17.6 Å². The van der Waals surface area contributed by atoms with Crippen LogP contribution in [-0.4, -0.2) is 63.9 Å². The van der Waals surface area contributed by atoms with E-state index in [1.807, 2.05) is 6.07 Å². The maximum Gasteiger partial charge on any atom is 0.328 e. The number of rotatable bonds is 8. The molecule has 0 spiro atoms. The van der Waals surface area contributed by atoms with Crippen molar-refractivity contribution in [2.75, 3.05) is 26.3 Å². The normalized spacial score (nSPS) is 16.5. The SMILES string of the molecule is CC1CCN(C/N=C(\C=C/CNC(=O)c2nc(C#N)c[nH]2)/C=C/C(=O)O)CC1. The molecule has 0 saturated carbocycles. The van der Waals surface area contributed by atoms with Gasteiger partial charge in [-0.1, -0.05) is 13.0 Å². The van der Waals surface area contributed by atoms with Gasteiger partial charge in [-0.3, -0.25) is 14.7 Å². The molecule has 1 aromatic heterocycles. The number of allylic oxidation sites excluding steroid dienone is 2. The zero-order valence-corrected chi connectivity index (χ0v) is 15.8. The molecule has 0 aromatic carbocycles. The maximum atomic E-state index is 11.9. The number of carbonyl (C=O) groups is 2. The number of H-pyrrole nitrogens is 1. The zero-order chi connectivity index (χ0) is 20.4. The maximum absolute atomic E-state index is 11.9. The van der Waals surface area contributed by atoms with Crippen LogP contribution < -0.4 is 5.32 Å². The number of aromatic nitrogens is 2. The van der Waals surface area contributed by atoms with E-state index in [9.17, 15) is 9.59 Å². The predicted molar refractivity (Wildman–Crippen MR) is 104 cm³/mol. The summed E-state index contributed by atoms with van der Waals surface area (Å²) in [4.78, 5) is 35.8. The summed E-state index contributed by atoms with van der Waals surface area (Å²) in [5.41, 5.74) is 0.654. The number of aliphatic carboxylic acids is 1. The Balaban J connectivity index is 1.89. The van der Waals surface area contributed by atoms with Gasteiger partial charge in [0.15, 0.2) is 11.5 Å². The Morgan fingerprint density at radius 2 is 2.18 bits per heavy atom. The van der Waals surface area contributed by atoms with Crippen molar-refractivity contribution in [2.45, 2.75) is 19.8 Å². The van der Waals surface area contributed by atoms with E-state index in [0.717, 1.165) is 37.9 Å². The quantitative estimate of drug-likeness (QED) is 0.457. The Kier molecular flexibility index (Phi) is 8.11. The van der Waals surface area contributed by atoms with E-state index in [4.69, 9.17) is 10.4 Å². The molecule has 0 bridgehead atoms. The molecule has 2 rings (SSSR count). The first-order chi connectivity index (χ1) is 13.5. The Morgan fingerprint density at radius 1 is 1.43 bits per heavy atom. The largest absolute Gasteiger partial charge is 0.478 e. The number of carbonyl (C=O) groups excluding carboxylic acids is 1. The van der Waals surface area contributed by atoms with Crippen molar-refractivity contribution in [1.29, 1.82) is 5.26 Å². The van der Waals surface area contributed by atoms with Gasteiger partial charge in [-0.2, -0.15) is 5.26 Å². The summed E-state index contributed by atoms with van der Waals surface area (Å²) < 4.78 is 0. The summed E-state index contributed by atoms with van der Waals surface area (Å²) in [5, 5.41) is 20.2. The molecule has 1 saturated heterocycles. The van der Waals surface area contributed by atoms with Gasteiger partial charge in [-0.15, -0.1) is 0 Å². The van der Waals surface area contributed by atoms with E-state index in [2.05, 4.69) is 32.1 Å². The number of carboxylic acid groups (broad SMARTS) is 1. The van der Waals surface area contributed by atoms with Crippen molar-refractivity contribution in [2.24, 2.45) is 10.9 Å². The number of nitrogens with zero attached hydrogens (tertiary/aromatic N) is 4. The summed E-state index contributed by atoms with van der Waals surface area (Å²) in [7, 11) is 0. The topological polar surface area (TPSA) is 134 Å². The number of imidazole rings is 1. The smallest absolute Gasteiger partial charge is 0.328 e. The number of likely N-dealkylation sites (tertiary alicyclic amines) is 1. The average molecular weight is 384 g/mol. The van der Waals surface area contributed by atoms with Gasteiger partial charge in [-0.05, 0) is 30.9 Å². The molecule has 0 atom stereocenters. The number of hydrogen-bond donors (Lipinski definition) is 3. The summed E-state index contributed by atoms with van der Waals surface area (Å²) in [6.45, 7) is 4.92. The number of carboxylic acids is 1. The van der Waals surface area contributed by atoms with Crippen LogP contribution in [-0.2, 0) is 4.79 Å². The second kappa shape index (κ2) is 10.8. The van der Waals surface area contributed by atoms with Gasteiger partial charge in [0.25, 0.3) is 5.91 Å². The second-order valence-corrected chi connectivity index (χ2v) is 6.56. The lowest BCUT2D eigenvalue weighted by Crippen LogP contribution is -2.33. The van der Waals surface area contributed by atoms with Gasteiger partial charge in [-0.25, -0.2) is 9.78 Å². The van der Waals surface area contributed by atoms with Crippen LogP contribution in [0.15, 0.2) is 35.5 Å². The standard InChI is InChI=1S/C19H24N6O3/c1-14-6-9-25(10-7-14)13-23-15(4-5-17(26)27)3-2-8-21-19(28)18-22-12-16(11-20)24-18/h2-5,12,14H,6-10,13H2,1H3,(H,21,28)(H,22,24)(H,26,27)/b3-2-,5-4+,23-15+. The Morgan fingerprint density at radius 3 is 2.82 bits per heavy atom. The molecule has 0 unspecified atom stereocenters. The molecule has 3 N–H and O–H groups in total. The molecule has 0 radical (unpaired) electrons. The van der Waals surface area contributed by atoms with Gasteiger partial charge in [0.2, 0.25) is 0 Å². The summed E-state index contributed by atoms with van der Waals surface area (Å²) in [6, 6.07) is 1.84. The molecule has 2 heterocycles. The first kappa shape index (κ1) is 21.1. The molecule has 1 aliphatic heterocycles. The molecule has 1 aromatic rings. The van der Waals surface area contributed by atoms with Crippen molar-refractivity contribution in [3.05, 3.63) is 42.0 Å². The highest BCUT2D eigenvalue weighted by Crippen LogP contribution is 2.15. The third-order valence-corrected chi connectivity index (χ3v) is 4.30. The van der Waals surface area contributed by atoms with Crippen molar-refractivity contribution in [3.63, 3.8) is 0 Å². The molecule has 1 fully saturated rings. The molecule has 28 heavy (non-hydrogen) atoms. The molecule has 0 aliphatic carbocycles. The van der Waals surface area contributed by atoms with Gasteiger partial charge in [0.1, 0.15) is 6.07 Å². The molecule has 9 nitrogen and oxygen atoms in total. The highest BCUT2D eigenvalue weighted by atomic mass is 16.4. The van der Waals surface area contributed by atoms with Crippen molar-refractivity contribution in [3.8, 4) is 6.07 Å². The van der Waals surface area contributed by atoms with E-state index in [1.54, 1.807) is 12.2 Å². The molecule has 1 aliphatic rings. The first-order valence-electron chi connectivity index (χ1n) is 9.06. The predicted octanol–water partition coefficient (Wildman–Crippen LogP) is 1.34. The number of nitriles is 1. The number of nitrogens with one attached hydrogen (secondary N) is 2. The highest BCUT2D eigenvalue weighted by molar-refractivity contribution is 6.06. The van der Waals surface area contributed by atoms with E-state index >= 15 is 0 Å². The van der Waals surface area contributed by atoms with E-state index in [-0.39, 0.29) is 18.1 Å². The lowest BCUT2D eigenvalue weighted by molar-refractivity contribution is -0.131. The Hall–Kier alpha value is -3.25. The fourth-order valence-electron chi connectivity index (χ4n) is 2.61. The van der Waals surface area contributed by atoms with Crippen LogP contribution in [0.4, 0.5) is 0 Å². The Labute approximate surface area is 163 Å². The number of amides is 1. The van der Waals surface area contributed by atoms with Crippen LogP contribution in [0.5, 0.6) is 0 Å². The summed E-state index contributed by atoms with van der Waals surface area (Å²) >= 11 is 0. The third-order valence-electron chi connectivity index (χ3n) is 4.30. The van der Waals surface area contributed by atoms with Gasteiger partial charge < -0.3 is 15.4 Å². The third kappa shape index (κ3) is 7.17. The van der Waals surface area contributed by atoms with Crippen molar-refractivity contribution in [1.82, 2.24) is 20.2 Å². The zero-order valence-electron chi connectivity index (χ0n) is 15.8. The van der Waals surface area contributed by atoms with E-state index in [1.165, 1.54) is 12.3 Å². The number of aliphatic imine (C=N–C) groups is 1. The van der Waals surface area contributed by atoms with Crippen LogP contribution in [0.25, 0.3) is 0 Å². The first-order valence-corrected chi connectivity index (χ1v) is 9.06. The van der Waals surface area contributed by atoms with Crippen LogP contribution in [0.3, 0.4) is 0 Å². The minimum Gasteiger partial charge on any atom is -0.478 e. The van der Waals surface area contributed by atoms with Gasteiger partial charge >= 0.3 is 5.97 Å². The van der Waals surface area contributed by atoms with Crippen molar-refractivity contribution < 1.29 is 14.7 Å². The molecule has 9 heteroatoms. The number of aromatic amines is 1. The Bertz CT molecular complexity index is 810. The molecule has 1 amide bonds. The molecular formula is C19H24N6O3. The minimum absolute atomic E-state index is 0.0592. The number of hydrogen-bond acceptors (Lipinski definition) is 6. The van der Waals surface area contributed by atoms with Gasteiger partial charge in [0.05, 0.1) is 12.4 Å². The van der Waals surface area contributed by atoms with Crippen LogP contribution in [0.2, 0.25) is 0 Å². The number of piperidine rings is 1. The second-order valence-electron chi connectivity index (χ2n) is 6.56. The fraction of sp³-hybridized carbons (Fsp3) is 0.421. The van der Waals surface area contributed by atoms with Gasteiger partial charge in [0, 0.05) is 31.9 Å². The average Bonchev–Trinajstić information content (AvgIpc) is 3.17. The lowest BCUT2D eigenvalue weighted by atomic mass is 10.00. The minimum atomic E-state index is -1.05. The van der Waals surface area contributed by atoms with E-state index in [0.29, 0.717) is 12.4 Å².